The van der Waals surface area contributed by atoms with Crippen molar-refractivity contribution in [3.63, 3.8) is 0 Å². The van der Waals surface area contributed by atoms with Gasteiger partial charge in [0.2, 0.25) is 0 Å². The monoisotopic (exact) mass is 859 g/mol. The van der Waals surface area contributed by atoms with Gasteiger partial charge in [0.15, 0.2) is 6.10 Å². The lowest BCUT2D eigenvalue weighted by atomic mass is 10.0. The molecule has 0 rings (SSSR count). The first kappa shape index (κ1) is 58.9. The van der Waals surface area contributed by atoms with E-state index in [1.54, 1.807) is 0 Å². The zero-order valence-electron chi connectivity index (χ0n) is 40.9. The van der Waals surface area contributed by atoms with Crippen LogP contribution in [-0.4, -0.2) is 37.2 Å². The molecule has 6 nitrogen and oxygen atoms in total. The second-order valence-corrected chi connectivity index (χ2v) is 18.1. The summed E-state index contributed by atoms with van der Waals surface area (Å²) in [6, 6.07) is 0. The highest BCUT2D eigenvalue weighted by atomic mass is 16.6. The molecule has 0 aromatic carbocycles. The summed E-state index contributed by atoms with van der Waals surface area (Å²) < 4.78 is 16.8. The second kappa shape index (κ2) is 50.5. The fourth-order valence-corrected chi connectivity index (χ4v) is 7.83. The Kier molecular flexibility index (Phi) is 48.8. The minimum absolute atomic E-state index is 0.0734. The van der Waals surface area contributed by atoms with Gasteiger partial charge in [0.1, 0.15) is 13.2 Å². The topological polar surface area (TPSA) is 78.9 Å². The summed E-state index contributed by atoms with van der Waals surface area (Å²) in [5, 5.41) is 0. The Morgan fingerprint density at radius 3 is 0.869 bits per heavy atom. The summed E-state index contributed by atoms with van der Waals surface area (Å²) in [6.45, 7) is 6.61. The molecule has 0 fully saturated rings. The molecule has 0 saturated heterocycles. The molecule has 0 bridgehead atoms. The van der Waals surface area contributed by atoms with Crippen LogP contribution in [0.4, 0.5) is 0 Å². The van der Waals surface area contributed by atoms with Gasteiger partial charge in [-0.3, -0.25) is 14.4 Å². The van der Waals surface area contributed by atoms with E-state index in [9.17, 15) is 14.4 Å². The van der Waals surface area contributed by atoms with Crippen LogP contribution in [0, 0.1) is 0 Å². The van der Waals surface area contributed by atoms with Gasteiger partial charge in [-0.15, -0.1) is 0 Å². The first-order chi connectivity index (χ1) is 30.0. The van der Waals surface area contributed by atoms with Crippen LogP contribution in [-0.2, 0) is 28.6 Å². The molecule has 0 saturated carbocycles. The van der Waals surface area contributed by atoms with Crippen molar-refractivity contribution in [3.05, 3.63) is 24.3 Å². The van der Waals surface area contributed by atoms with Gasteiger partial charge in [0.05, 0.1) is 0 Å². The highest BCUT2D eigenvalue weighted by Gasteiger charge is 2.19. The Bertz CT molecular complexity index is 989. The Morgan fingerprint density at radius 1 is 0.311 bits per heavy atom. The highest BCUT2D eigenvalue weighted by Crippen LogP contribution is 2.16. The molecule has 0 radical (unpaired) electrons. The molecule has 6 heteroatoms. The summed E-state index contributed by atoms with van der Waals surface area (Å²) in [7, 11) is 0. The van der Waals surface area contributed by atoms with Crippen molar-refractivity contribution in [2.45, 2.75) is 297 Å². The number of unbranched alkanes of at least 4 members (excludes halogenated alkanes) is 34. The van der Waals surface area contributed by atoms with Crippen molar-refractivity contribution < 1.29 is 28.6 Å². The maximum atomic E-state index is 12.8. The molecule has 0 aliphatic carbocycles. The van der Waals surface area contributed by atoms with E-state index in [0.717, 1.165) is 70.6 Å². The Morgan fingerprint density at radius 2 is 0.557 bits per heavy atom. The van der Waals surface area contributed by atoms with Crippen LogP contribution in [0.1, 0.15) is 290 Å². The molecular weight excluding hydrogens is 757 g/mol. The van der Waals surface area contributed by atoms with Crippen LogP contribution in [0.3, 0.4) is 0 Å². The van der Waals surface area contributed by atoms with Crippen molar-refractivity contribution >= 4 is 17.9 Å². The SMILES string of the molecule is CCCC/C=C\CCCCCCCC(=O)OC[C@H](COC(=O)CCCCCCCCCCCCCCCCCCCC)OC(=O)CCCCCCC/C=C\CCCCCCC. The molecule has 1 atom stereocenters. The third-order valence-corrected chi connectivity index (χ3v) is 11.9. The molecule has 358 valence electrons. The van der Waals surface area contributed by atoms with Crippen LogP contribution < -0.4 is 0 Å². The molecule has 0 heterocycles. The Hall–Kier alpha value is -2.11. The van der Waals surface area contributed by atoms with E-state index in [4.69, 9.17) is 14.2 Å². The number of esters is 3. The number of ether oxygens (including phenoxy) is 3. The molecule has 0 aromatic rings. The van der Waals surface area contributed by atoms with E-state index >= 15 is 0 Å². The van der Waals surface area contributed by atoms with Crippen LogP contribution in [0.2, 0.25) is 0 Å². The van der Waals surface area contributed by atoms with Gasteiger partial charge in [0.25, 0.3) is 0 Å². The molecule has 0 spiro atoms. The number of carbonyl (C=O) groups is 3. The minimum Gasteiger partial charge on any atom is -0.462 e. The van der Waals surface area contributed by atoms with Crippen LogP contribution >= 0.6 is 0 Å². The summed E-state index contributed by atoms with van der Waals surface area (Å²) in [6.07, 6.45) is 57.4. The second-order valence-electron chi connectivity index (χ2n) is 18.1. The number of allylic oxidation sites excluding steroid dienone is 4. The third kappa shape index (κ3) is 48.8. The molecule has 0 aliphatic rings. The Balaban J connectivity index is 4.30. The number of hydrogen-bond acceptors (Lipinski definition) is 6. The van der Waals surface area contributed by atoms with E-state index in [0.29, 0.717) is 19.3 Å². The fraction of sp³-hybridized carbons (Fsp3) is 0.873. The smallest absolute Gasteiger partial charge is 0.306 e. The van der Waals surface area contributed by atoms with Crippen LogP contribution in [0.25, 0.3) is 0 Å². The summed E-state index contributed by atoms with van der Waals surface area (Å²) in [5.74, 6) is -0.878. The maximum absolute atomic E-state index is 12.8. The molecule has 0 unspecified atom stereocenters. The van der Waals surface area contributed by atoms with Crippen molar-refractivity contribution in [1.82, 2.24) is 0 Å². The van der Waals surface area contributed by atoms with Crippen LogP contribution in [0.15, 0.2) is 24.3 Å². The summed E-state index contributed by atoms with van der Waals surface area (Å²) in [4.78, 5) is 38.0. The van der Waals surface area contributed by atoms with Gasteiger partial charge in [-0.05, 0) is 64.2 Å². The first-order valence-electron chi connectivity index (χ1n) is 26.8. The lowest BCUT2D eigenvalue weighted by Crippen LogP contribution is -2.30. The van der Waals surface area contributed by atoms with Crippen molar-refractivity contribution in [2.75, 3.05) is 13.2 Å². The van der Waals surface area contributed by atoms with Gasteiger partial charge in [-0.25, -0.2) is 0 Å². The van der Waals surface area contributed by atoms with Gasteiger partial charge in [0, 0.05) is 19.3 Å². The highest BCUT2D eigenvalue weighted by molar-refractivity contribution is 5.71. The predicted octanol–water partition coefficient (Wildman–Crippen LogP) is 17.5. The van der Waals surface area contributed by atoms with Crippen molar-refractivity contribution in [1.29, 1.82) is 0 Å². The standard InChI is InChI=1S/C55H102O6/c1-4-7-10-13-16-19-22-24-26-27-28-29-31-33-36-39-42-45-48-54(57)60-51-52(50-59-53(56)47-44-41-38-35-32-21-18-15-12-9-6-3)61-55(58)49-46-43-40-37-34-30-25-23-20-17-14-11-8-5-2/h15,18,23,25,52H,4-14,16-17,19-22,24,26-51H2,1-3H3/b18-15-,25-23-/t52-/m1/s1. The average Bonchev–Trinajstić information content (AvgIpc) is 3.26. The molecule has 0 N–H and O–H groups in total. The quantitative estimate of drug-likeness (QED) is 0.0262. The Labute approximate surface area is 379 Å². The summed E-state index contributed by atoms with van der Waals surface area (Å²) in [5.41, 5.74) is 0. The maximum Gasteiger partial charge on any atom is 0.306 e. The van der Waals surface area contributed by atoms with E-state index in [2.05, 4.69) is 45.1 Å². The van der Waals surface area contributed by atoms with Gasteiger partial charge >= 0.3 is 17.9 Å². The average molecular weight is 859 g/mol. The molecule has 0 amide bonds. The molecule has 0 aliphatic heterocycles. The normalized spacial score (nSPS) is 12.1. The zero-order valence-corrected chi connectivity index (χ0v) is 40.9. The first-order valence-corrected chi connectivity index (χ1v) is 26.8. The van der Waals surface area contributed by atoms with Gasteiger partial charge in [-0.1, -0.05) is 231 Å². The number of carbonyl (C=O) groups excluding carboxylic acids is 3. The van der Waals surface area contributed by atoms with Gasteiger partial charge < -0.3 is 14.2 Å². The van der Waals surface area contributed by atoms with Crippen LogP contribution in [0.5, 0.6) is 0 Å². The van der Waals surface area contributed by atoms with Crippen molar-refractivity contribution in [3.8, 4) is 0 Å². The zero-order chi connectivity index (χ0) is 44.4. The number of rotatable bonds is 49. The number of hydrogen-bond donors (Lipinski definition) is 0. The third-order valence-electron chi connectivity index (χ3n) is 11.9. The predicted molar refractivity (Wildman–Crippen MR) is 261 cm³/mol. The van der Waals surface area contributed by atoms with E-state index in [1.165, 1.54) is 180 Å². The van der Waals surface area contributed by atoms with Crippen molar-refractivity contribution in [2.24, 2.45) is 0 Å². The van der Waals surface area contributed by atoms with E-state index in [-0.39, 0.29) is 31.1 Å². The molecule has 0 aromatic heterocycles. The largest absolute Gasteiger partial charge is 0.462 e. The lowest BCUT2D eigenvalue weighted by molar-refractivity contribution is -0.167. The summed E-state index contributed by atoms with van der Waals surface area (Å²) >= 11 is 0. The fourth-order valence-electron chi connectivity index (χ4n) is 7.83. The lowest BCUT2D eigenvalue weighted by Gasteiger charge is -2.18. The molecule has 61 heavy (non-hydrogen) atoms. The van der Waals surface area contributed by atoms with E-state index in [1.807, 2.05) is 0 Å². The van der Waals surface area contributed by atoms with E-state index < -0.39 is 6.10 Å². The van der Waals surface area contributed by atoms with Gasteiger partial charge in [-0.2, -0.15) is 0 Å². The molecular formula is C55H102O6. The minimum atomic E-state index is -0.774.